The van der Waals surface area contributed by atoms with Gasteiger partial charge in [0.1, 0.15) is 11.5 Å². The molecule has 0 aliphatic rings. The molecule has 2 atom stereocenters. The van der Waals surface area contributed by atoms with E-state index in [1.165, 1.54) is 0 Å². The normalized spacial score (nSPS) is 12.4. The number of carbonyl (C=O) groups is 1. The first-order valence-corrected chi connectivity index (χ1v) is 11.9. The highest BCUT2D eigenvalue weighted by Gasteiger charge is 2.20. The Morgan fingerprint density at radius 1 is 1.03 bits per heavy atom. The molecule has 0 saturated carbocycles. The second-order valence-electron chi connectivity index (χ2n) is 7.86. The van der Waals surface area contributed by atoms with Gasteiger partial charge in [0.05, 0.1) is 37.7 Å². The van der Waals surface area contributed by atoms with Gasteiger partial charge in [-0.05, 0) is 31.2 Å². The van der Waals surface area contributed by atoms with E-state index >= 15 is 0 Å². The number of benzene rings is 2. The van der Waals surface area contributed by atoms with Gasteiger partial charge in [-0.1, -0.05) is 36.4 Å². The van der Waals surface area contributed by atoms with Crippen LogP contribution in [0.5, 0.6) is 17.4 Å². The van der Waals surface area contributed by atoms with Gasteiger partial charge in [0.2, 0.25) is 5.88 Å². The lowest BCUT2D eigenvalue weighted by molar-refractivity contribution is -0.127. The van der Waals surface area contributed by atoms with E-state index in [4.69, 9.17) is 19.9 Å². The highest BCUT2D eigenvalue weighted by atomic mass is 32.1. The molecule has 1 heterocycles. The molecule has 0 fully saturated rings. The lowest BCUT2D eigenvalue weighted by atomic mass is 10.1. The number of aromatic nitrogens is 1. The van der Waals surface area contributed by atoms with Crippen molar-refractivity contribution in [3.05, 3.63) is 66.2 Å². The average Bonchev–Trinajstić information content (AvgIpc) is 2.90. The lowest BCUT2D eigenvalue weighted by Crippen LogP contribution is -2.36. The summed E-state index contributed by atoms with van der Waals surface area (Å²) in [5, 5.41) is 6.14. The Hall–Kier alpha value is -3.43. The van der Waals surface area contributed by atoms with E-state index in [0.717, 1.165) is 16.8 Å². The van der Waals surface area contributed by atoms with Gasteiger partial charge < -0.3 is 30.6 Å². The van der Waals surface area contributed by atoms with Crippen molar-refractivity contribution in [3.8, 4) is 28.6 Å². The van der Waals surface area contributed by atoms with Gasteiger partial charge in [-0.15, -0.1) is 0 Å². The van der Waals surface area contributed by atoms with Crippen LogP contribution in [0.15, 0.2) is 60.7 Å². The van der Waals surface area contributed by atoms with E-state index in [2.05, 4.69) is 28.2 Å². The quantitative estimate of drug-likeness (QED) is 0.284. The number of nitrogens with two attached hydrogens (primary N) is 1. The number of methoxy groups -OCH3 is 2. The van der Waals surface area contributed by atoms with Crippen molar-refractivity contribution < 1.29 is 19.0 Å². The molecule has 2 aromatic carbocycles. The first-order chi connectivity index (χ1) is 17.0. The summed E-state index contributed by atoms with van der Waals surface area (Å²) in [5.41, 5.74) is 9.06. The number of carbonyl (C=O) groups excluding carboxylic acids is 1. The van der Waals surface area contributed by atoms with Crippen LogP contribution in [-0.2, 0) is 11.3 Å². The van der Waals surface area contributed by atoms with Crippen molar-refractivity contribution in [1.29, 1.82) is 0 Å². The number of hydrogen-bond acceptors (Lipinski definition) is 8. The maximum absolute atomic E-state index is 12.9. The van der Waals surface area contributed by atoms with Crippen molar-refractivity contribution in [3.63, 3.8) is 0 Å². The number of amides is 1. The molecule has 4 N–H and O–H groups in total. The van der Waals surface area contributed by atoms with Crippen LogP contribution in [0.2, 0.25) is 0 Å². The molecular formula is C26H32N4O4S. The van der Waals surface area contributed by atoms with Crippen molar-refractivity contribution >= 4 is 24.2 Å². The minimum atomic E-state index is -0.812. The maximum Gasteiger partial charge on any atom is 0.261 e. The van der Waals surface area contributed by atoms with Crippen LogP contribution in [0.4, 0.5) is 5.69 Å². The molecule has 8 nitrogen and oxygen atoms in total. The fraction of sp³-hybridized carbons (Fsp3) is 0.308. The fourth-order valence-electron chi connectivity index (χ4n) is 3.38. The number of hydrogen-bond donors (Lipinski definition) is 4. The Labute approximate surface area is 211 Å². The van der Waals surface area contributed by atoms with Crippen LogP contribution in [-0.4, -0.2) is 49.6 Å². The number of rotatable bonds is 12. The van der Waals surface area contributed by atoms with E-state index in [0.29, 0.717) is 35.4 Å². The molecule has 1 amide bonds. The Morgan fingerprint density at radius 2 is 1.71 bits per heavy atom. The molecule has 0 saturated heterocycles. The average molecular weight is 497 g/mol. The molecule has 0 bridgehead atoms. The van der Waals surface area contributed by atoms with Crippen LogP contribution in [0.25, 0.3) is 11.3 Å². The van der Waals surface area contributed by atoms with Crippen molar-refractivity contribution in [1.82, 2.24) is 10.3 Å². The maximum atomic E-state index is 12.9. The lowest BCUT2D eigenvalue weighted by Gasteiger charge is -2.19. The van der Waals surface area contributed by atoms with Crippen LogP contribution >= 0.6 is 12.6 Å². The van der Waals surface area contributed by atoms with E-state index in [-0.39, 0.29) is 18.5 Å². The first kappa shape index (κ1) is 26.2. The molecule has 0 aliphatic heterocycles. The molecule has 0 aliphatic carbocycles. The molecule has 186 valence electrons. The second-order valence-corrected chi connectivity index (χ2v) is 8.22. The molecule has 3 aromatic rings. The second kappa shape index (κ2) is 12.9. The Balaban J connectivity index is 1.77. The van der Waals surface area contributed by atoms with Crippen LogP contribution < -0.4 is 30.6 Å². The molecule has 0 spiro atoms. The van der Waals surface area contributed by atoms with Gasteiger partial charge in [0, 0.05) is 23.9 Å². The zero-order chi connectivity index (χ0) is 25.2. The van der Waals surface area contributed by atoms with E-state index in [1.807, 2.05) is 60.7 Å². The van der Waals surface area contributed by atoms with Gasteiger partial charge in [-0.25, -0.2) is 4.98 Å². The van der Waals surface area contributed by atoms with Gasteiger partial charge in [-0.2, -0.15) is 12.6 Å². The molecule has 35 heavy (non-hydrogen) atoms. The summed E-state index contributed by atoms with van der Waals surface area (Å²) in [6, 6.07) is 18.8. The molecule has 0 radical (unpaired) electrons. The first-order valence-electron chi connectivity index (χ1n) is 11.3. The summed E-state index contributed by atoms with van der Waals surface area (Å²) in [4.78, 5) is 17.6. The topological polar surface area (TPSA) is 108 Å². The van der Waals surface area contributed by atoms with Crippen LogP contribution in [0.3, 0.4) is 0 Å². The SMILES string of the molecule is COc1cccc(OC)c1CNC(=O)[C@@H](C)Oc1nc(-c2ccccc2)ccc1NCC(N)CS. The number of nitrogens with one attached hydrogen (secondary N) is 2. The monoisotopic (exact) mass is 496 g/mol. The number of nitrogens with zero attached hydrogens (tertiary/aromatic N) is 1. The molecule has 1 aromatic heterocycles. The molecular weight excluding hydrogens is 464 g/mol. The summed E-state index contributed by atoms with van der Waals surface area (Å²) in [5.74, 6) is 1.80. The summed E-state index contributed by atoms with van der Waals surface area (Å²) in [6.45, 7) is 2.38. The third kappa shape index (κ3) is 7.03. The minimum absolute atomic E-state index is 0.142. The zero-order valence-corrected chi connectivity index (χ0v) is 21.0. The predicted octanol–water partition coefficient (Wildman–Crippen LogP) is 3.52. The number of anilines is 1. The zero-order valence-electron chi connectivity index (χ0n) is 20.2. The van der Waals surface area contributed by atoms with E-state index in [9.17, 15) is 4.79 Å². The Morgan fingerprint density at radius 3 is 2.34 bits per heavy atom. The molecule has 3 rings (SSSR count). The highest BCUT2D eigenvalue weighted by Crippen LogP contribution is 2.29. The minimum Gasteiger partial charge on any atom is -0.496 e. The number of ether oxygens (including phenoxy) is 3. The molecule has 9 heteroatoms. The van der Waals surface area contributed by atoms with E-state index < -0.39 is 6.10 Å². The Bertz CT molecular complexity index is 1090. The summed E-state index contributed by atoms with van der Waals surface area (Å²) >= 11 is 4.23. The third-order valence-corrected chi connectivity index (χ3v) is 5.81. The van der Waals surface area contributed by atoms with Crippen LogP contribution in [0.1, 0.15) is 12.5 Å². The third-order valence-electron chi connectivity index (χ3n) is 5.35. The summed E-state index contributed by atoms with van der Waals surface area (Å²) in [6.07, 6.45) is -0.812. The highest BCUT2D eigenvalue weighted by molar-refractivity contribution is 7.80. The van der Waals surface area contributed by atoms with Crippen molar-refractivity contribution in [2.24, 2.45) is 5.73 Å². The largest absolute Gasteiger partial charge is 0.496 e. The van der Waals surface area contributed by atoms with E-state index in [1.54, 1.807) is 21.1 Å². The predicted molar refractivity (Wildman–Crippen MR) is 141 cm³/mol. The Kier molecular flexibility index (Phi) is 9.63. The van der Waals surface area contributed by atoms with Gasteiger partial charge in [-0.3, -0.25) is 4.79 Å². The standard InChI is InChI=1S/C26H32N4O4S/c1-17(25(31)29-15-20-23(32-2)10-7-11-24(20)33-3)34-26-22(28-14-19(27)16-35)13-12-21(30-26)18-8-5-4-6-9-18/h4-13,17,19,28,35H,14-16,27H2,1-3H3,(H,29,31)/t17-,19?/m1/s1. The number of thiol groups is 1. The fourth-order valence-corrected chi connectivity index (χ4v) is 3.51. The van der Waals surface area contributed by atoms with Crippen LogP contribution in [0, 0.1) is 0 Å². The van der Waals surface area contributed by atoms with Gasteiger partial charge >= 0.3 is 0 Å². The van der Waals surface area contributed by atoms with Crippen molar-refractivity contribution in [2.75, 3.05) is 31.8 Å². The van der Waals surface area contributed by atoms with Crippen molar-refractivity contribution in [2.45, 2.75) is 25.6 Å². The number of pyridine rings is 1. The van der Waals surface area contributed by atoms with Gasteiger partial charge in [0.15, 0.2) is 6.10 Å². The summed E-state index contributed by atoms with van der Waals surface area (Å²) in [7, 11) is 3.15. The smallest absolute Gasteiger partial charge is 0.261 e. The summed E-state index contributed by atoms with van der Waals surface area (Å²) < 4.78 is 16.8. The molecule has 1 unspecified atom stereocenters. The van der Waals surface area contributed by atoms with Gasteiger partial charge in [0.25, 0.3) is 5.91 Å².